The van der Waals surface area contributed by atoms with Crippen LogP contribution in [0.1, 0.15) is 0 Å². The maximum absolute atomic E-state index is 12.1. The molecule has 7 heteroatoms. The van der Waals surface area contributed by atoms with Crippen molar-refractivity contribution in [3.8, 4) is 0 Å². The molecule has 0 amide bonds. The minimum atomic E-state index is -3.63. The van der Waals surface area contributed by atoms with Crippen molar-refractivity contribution in [3.05, 3.63) is 36.7 Å². The van der Waals surface area contributed by atoms with E-state index in [0.29, 0.717) is 11.6 Å². The van der Waals surface area contributed by atoms with Crippen molar-refractivity contribution < 1.29 is 8.42 Å². The average Bonchev–Trinajstić information content (AvgIpc) is 2.81. The van der Waals surface area contributed by atoms with E-state index in [1.807, 2.05) is 0 Å². The zero-order valence-electron chi connectivity index (χ0n) is 9.14. The van der Waals surface area contributed by atoms with Crippen molar-refractivity contribution in [2.75, 3.05) is 17.1 Å². The van der Waals surface area contributed by atoms with Crippen LogP contribution >= 0.6 is 0 Å². The van der Waals surface area contributed by atoms with Crippen molar-refractivity contribution in [3.63, 3.8) is 0 Å². The number of hydrogen-bond acceptors (Lipinski definition) is 4. The van der Waals surface area contributed by atoms with Gasteiger partial charge >= 0.3 is 0 Å². The lowest BCUT2D eigenvalue weighted by Gasteiger charge is -2.09. The Bertz CT molecular complexity index is 593. The number of pyridine rings is 1. The molecule has 2 rings (SSSR count). The maximum atomic E-state index is 12.1. The summed E-state index contributed by atoms with van der Waals surface area (Å²) in [6.07, 6.45) is 3.17. The first-order valence-electron chi connectivity index (χ1n) is 4.92. The second-order valence-corrected chi connectivity index (χ2v) is 4.94. The topological polar surface area (TPSA) is 86.9 Å². The van der Waals surface area contributed by atoms with Crippen molar-refractivity contribution in [1.82, 2.24) is 9.97 Å². The van der Waals surface area contributed by atoms with Crippen LogP contribution < -0.4 is 10.0 Å². The van der Waals surface area contributed by atoms with Crippen LogP contribution in [0.25, 0.3) is 0 Å². The molecule has 2 aromatic rings. The van der Waals surface area contributed by atoms with E-state index in [4.69, 9.17) is 0 Å². The predicted molar refractivity (Wildman–Crippen MR) is 65.4 cm³/mol. The Morgan fingerprint density at radius 1 is 1.29 bits per heavy atom. The highest BCUT2D eigenvalue weighted by atomic mass is 32.2. The number of aromatic amines is 1. The quantitative estimate of drug-likeness (QED) is 0.764. The van der Waals surface area contributed by atoms with Gasteiger partial charge in [-0.2, -0.15) is 0 Å². The molecule has 6 nitrogen and oxygen atoms in total. The molecule has 0 saturated carbocycles. The number of hydrogen-bond donors (Lipinski definition) is 3. The summed E-state index contributed by atoms with van der Waals surface area (Å²) >= 11 is 0. The fourth-order valence-electron chi connectivity index (χ4n) is 1.39. The monoisotopic (exact) mass is 252 g/mol. The highest BCUT2D eigenvalue weighted by Crippen LogP contribution is 2.20. The number of nitrogens with one attached hydrogen (secondary N) is 3. The summed E-state index contributed by atoms with van der Waals surface area (Å²) in [7, 11) is -2.01. The van der Waals surface area contributed by atoms with Crippen molar-refractivity contribution in [2.45, 2.75) is 4.90 Å². The molecule has 0 aromatic carbocycles. The molecule has 0 saturated heterocycles. The van der Waals surface area contributed by atoms with E-state index >= 15 is 0 Å². The average molecular weight is 252 g/mol. The fraction of sp³-hybridized carbons (Fsp3) is 0.100. The van der Waals surface area contributed by atoms with E-state index in [1.54, 1.807) is 31.4 Å². The van der Waals surface area contributed by atoms with Gasteiger partial charge in [-0.25, -0.2) is 13.4 Å². The Morgan fingerprint density at radius 2 is 2.12 bits per heavy atom. The summed E-state index contributed by atoms with van der Waals surface area (Å²) in [4.78, 5) is 6.83. The summed E-state index contributed by atoms with van der Waals surface area (Å²) in [6.45, 7) is 0. The lowest BCUT2D eigenvalue weighted by Crippen LogP contribution is -2.15. The number of rotatable bonds is 4. The molecule has 0 aliphatic heterocycles. The van der Waals surface area contributed by atoms with Crippen molar-refractivity contribution in [1.29, 1.82) is 0 Å². The number of aromatic nitrogens is 2. The predicted octanol–water partition coefficient (Wildman–Crippen LogP) is 1.25. The zero-order chi connectivity index (χ0) is 12.3. The molecule has 0 aliphatic carbocycles. The van der Waals surface area contributed by atoms with Crippen LogP contribution in [0.4, 0.5) is 11.6 Å². The normalized spacial score (nSPS) is 11.1. The van der Waals surface area contributed by atoms with Crippen LogP contribution in [-0.2, 0) is 10.0 Å². The molecule has 0 aliphatic rings. The summed E-state index contributed by atoms with van der Waals surface area (Å²) in [6, 6.07) is 6.40. The highest BCUT2D eigenvalue weighted by Gasteiger charge is 2.18. The molecule has 0 bridgehead atoms. The van der Waals surface area contributed by atoms with Gasteiger partial charge in [-0.1, -0.05) is 0 Å². The highest BCUT2D eigenvalue weighted by molar-refractivity contribution is 7.92. The molecule has 2 heterocycles. The van der Waals surface area contributed by atoms with Gasteiger partial charge in [-0.15, -0.1) is 0 Å². The van der Waals surface area contributed by atoms with E-state index in [2.05, 4.69) is 20.0 Å². The fourth-order valence-corrected chi connectivity index (χ4v) is 2.58. The third-order valence-electron chi connectivity index (χ3n) is 2.14. The Kier molecular flexibility index (Phi) is 3.01. The smallest absolute Gasteiger partial charge is 0.266 e. The Morgan fingerprint density at radius 3 is 2.76 bits per heavy atom. The van der Waals surface area contributed by atoms with E-state index in [-0.39, 0.29) is 4.90 Å². The van der Waals surface area contributed by atoms with Gasteiger partial charge in [-0.3, -0.25) is 4.72 Å². The number of sulfonamides is 1. The van der Waals surface area contributed by atoms with Crippen molar-refractivity contribution >= 4 is 21.7 Å². The molecule has 90 valence electrons. The first-order chi connectivity index (χ1) is 8.13. The van der Waals surface area contributed by atoms with Crippen LogP contribution in [0.15, 0.2) is 41.6 Å². The molecule has 3 N–H and O–H groups in total. The van der Waals surface area contributed by atoms with Gasteiger partial charge in [0.2, 0.25) is 0 Å². The maximum Gasteiger partial charge on any atom is 0.266 e. The van der Waals surface area contributed by atoms with Crippen molar-refractivity contribution in [2.24, 2.45) is 0 Å². The van der Waals surface area contributed by atoms with Gasteiger partial charge < -0.3 is 10.3 Å². The van der Waals surface area contributed by atoms with Crippen LogP contribution in [0.5, 0.6) is 0 Å². The molecule has 0 radical (unpaired) electrons. The molecule has 0 unspecified atom stereocenters. The lowest BCUT2D eigenvalue weighted by atomic mass is 10.5. The first kappa shape index (κ1) is 11.5. The Labute approximate surface area is 99.1 Å². The Hall–Kier alpha value is -2.02. The van der Waals surface area contributed by atoms with Crippen LogP contribution in [0.2, 0.25) is 0 Å². The minimum Gasteiger partial charge on any atom is -0.372 e. The van der Waals surface area contributed by atoms with Crippen LogP contribution in [0.3, 0.4) is 0 Å². The van der Waals surface area contributed by atoms with E-state index in [0.717, 1.165) is 0 Å². The molecule has 0 atom stereocenters. The Balaban J connectivity index is 2.38. The standard InChI is InChI=1S/C10H12N4O2S/c1-11-10-8(4-2-7-13-10)17(15,16)14-9-5-3-6-12-9/h2-7,12,14H,1H3,(H,11,13). The second-order valence-electron chi connectivity index (χ2n) is 3.29. The summed E-state index contributed by atoms with van der Waals surface area (Å²) in [5.74, 6) is 0.725. The van der Waals surface area contributed by atoms with Gasteiger partial charge in [0.1, 0.15) is 16.5 Å². The molecule has 0 spiro atoms. The molecular weight excluding hydrogens is 240 g/mol. The van der Waals surface area contributed by atoms with Crippen LogP contribution in [-0.4, -0.2) is 25.4 Å². The van der Waals surface area contributed by atoms with E-state index in [9.17, 15) is 8.42 Å². The molecule has 2 aromatic heterocycles. The number of nitrogens with zero attached hydrogens (tertiary/aromatic N) is 1. The summed E-state index contributed by atoms with van der Waals surface area (Å²) < 4.78 is 26.6. The summed E-state index contributed by atoms with van der Waals surface area (Å²) in [5, 5.41) is 2.74. The molecule has 0 fully saturated rings. The lowest BCUT2D eigenvalue weighted by molar-refractivity contribution is 0.601. The zero-order valence-corrected chi connectivity index (χ0v) is 9.95. The van der Waals surface area contributed by atoms with Gasteiger partial charge in [0.25, 0.3) is 10.0 Å². The number of anilines is 2. The number of H-pyrrole nitrogens is 1. The minimum absolute atomic E-state index is 0.108. The van der Waals surface area contributed by atoms with Crippen LogP contribution in [0, 0.1) is 0 Å². The molecular formula is C10H12N4O2S. The van der Waals surface area contributed by atoms with Gasteiger partial charge in [0.15, 0.2) is 0 Å². The SMILES string of the molecule is CNc1ncccc1S(=O)(=O)Nc1ccc[nH]1. The van der Waals surface area contributed by atoms with Gasteiger partial charge in [0.05, 0.1) is 0 Å². The molecule has 17 heavy (non-hydrogen) atoms. The third-order valence-corrected chi connectivity index (χ3v) is 3.54. The largest absolute Gasteiger partial charge is 0.372 e. The third kappa shape index (κ3) is 2.39. The van der Waals surface area contributed by atoms with E-state index in [1.165, 1.54) is 12.3 Å². The van der Waals surface area contributed by atoms with Gasteiger partial charge in [0, 0.05) is 19.4 Å². The second kappa shape index (κ2) is 4.46. The van der Waals surface area contributed by atoms with Gasteiger partial charge in [-0.05, 0) is 24.3 Å². The summed E-state index contributed by atoms with van der Waals surface area (Å²) in [5.41, 5.74) is 0. The first-order valence-corrected chi connectivity index (χ1v) is 6.41. The van der Waals surface area contributed by atoms with E-state index < -0.39 is 10.0 Å².